The second kappa shape index (κ2) is 6.26. The number of rotatable bonds is 5. The summed E-state index contributed by atoms with van der Waals surface area (Å²) in [6, 6.07) is 0. The number of aldehydes is 2. The van der Waals surface area contributed by atoms with Crippen LogP contribution in [0.25, 0.3) is 0 Å². The lowest BCUT2D eigenvalue weighted by Crippen LogP contribution is -1.99. The highest BCUT2D eigenvalue weighted by molar-refractivity contribution is 5.51. The fourth-order valence-corrected chi connectivity index (χ4v) is 0.152. The zero-order valence-electron chi connectivity index (χ0n) is 4.20. The highest BCUT2D eigenvalue weighted by Crippen LogP contribution is 1.70. The van der Waals surface area contributed by atoms with Crippen LogP contribution in [0.2, 0.25) is 0 Å². The van der Waals surface area contributed by atoms with Gasteiger partial charge in [0.2, 0.25) is 0 Å². The summed E-state index contributed by atoms with van der Waals surface area (Å²) in [7, 11) is 0. The van der Waals surface area contributed by atoms with Crippen LogP contribution in [0.3, 0.4) is 0 Å². The SMILES string of the molecule is O=CCOOCC=O. The predicted octanol–water partition coefficient (Wildman–Crippen LogP) is -0.668. The second-order valence-corrected chi connectivity index (χ2v) is 0.902. The van der Waals surface area contributed by atoms with E-state index in [9.17, 15) is 9.59 Å². The van der Waals surface area contributed by atoms with Crippen LogP contribution < -0.4 is 0 Å². The molecule has 0 saturated heterocycles. The van der Waals surface area contributed by atoms with Crippen LogP contribution in [0.5, 0.6) is 0 Å². The van der Waals surface area contributed by atoms with Gasteiger partial charge in [0.05, 0.1) is 0 Å². The average molecular weight is 118 g/mol. The van der Waals surface area contributed by atoms with Crippen molar-refractivity contribution >= 4 is 12.6 Å². The summed E-state index contributed by atoms with van der Waals surface area (Å²) in [6.07, 6.45) is 1.07. The third kappa shape index (κ3) is 5.26. The molecule has 0 spiro atoms. The van der Waals surface area contributed by atoms with Crippen LogP contribution in [-0.2, 0) is 19.4 Å². The van der Waals surface area contributed by atoms with Gasteiger partial charge in [0.25, 0.3) is 0 Å². The van der Waals surface area contributed by atoms with Crippen molar-refractivity contribution < 1.29 is 19.4 Å². The summed E-state index contributed by atoms with van der Waals surface area (Å²) in [5.74, 6) is 0. The maximum absolute atomic E-state index is 9.47. The normalized spacial score (nSPS) is 8.50. The molecule has 0 aliphatic heterocycles. The Hall–Kier alpha value is -0.740. The van der Waals surface area contributed by atoms with E-state index >= 15 is 0 Å². The van der Waals surface area contributed by atoms with Gasteiger partial charge in [-0.25, -0.2) is 9.78 Å². The second-order valence-electron chi connectivity index (χ2n) is 0.902. The van der Waals surface area contributed by atoms with Crippen molar-refractivity contribution in [2.45, 2.75) is 0 Å². The molecule has 0 fully saturated rings. The molecule has 0 aliphatic rings. The maximum atomic E-state index is 9.47. The molecule has 0 rings (SSSR count). The van der Waals surface area contributed by atoms with Crippen LogP contribution >= 0.6 is 0 Å². The quantitative estimate of drug-likeness (QED) is 0.208. The Labute approximate surface area is 46.3 Å². The molecule has 0 aliphatic carbocycles. The number of carbonyl (C=O) groups is 2. The summed E-state index contributed by atoms with van der Waals surface area (Å²) in [4.78, 5) is 27.2. The van der Waals surface area contributed by atoms with Gasteiger partial charge in [0, 0.05) is 0 Å². The molecule has 4 heteroatoms. The van der Waals surface area contributed by atoms with E-state index in [0.717, 1.165) is 0 Å². The zero-order chi connectivity index (χ0) is 6.24. The minimum atomic E-state index is -0.131. The lowest BCUT2D eigenvalue weighted by atomic mass is 10.8. The Kier molecular flexibility index (Phi) is 5.68. The van der Waals surface area contributed by atoms with Crippen LogP contribution in [0.1, 0.15) is 0 Å². The van der Waals surface area contributed by atoms with Gasteiger partial charge in [0.15, 0.2) is 0 Å². The van der Waals surface area contributed by atoms with Gasteiger partial charge < -0.3 is 9.59 Å². The lowest BCUT2D eigenvalue weighted by molar-refractivity contribution is -0.279. The molecule has 0 aromatic carbocycles. The Morgan fingerprint density at radius 3 is 1.62 bits per heavy atom. The first-order valence-corrected chi connectivity index (χ1v) is 2.03. The molecule has 0 radical (unpaired) electrons. The van der Waals surface area contributed by atoms with Gasteiger partial charge in [-0.1, -0.05) is 0 Å². The fraction of sp³-hybridized carbons (Fsp3) is 0.500. The molecule has 0 atom stereocenters. The van der Waals surface area contributed by atoms with Crippen molar-refractivity contribution in [3.8, 4) is 0 Å². The lowest BCUT2D eigenvalue weighted by Gasteiger charge is -1.91. The Bertz CT molecular complexity index is 60.4. The molecule has 0 saturated carbocycles. The van der Waals surface area contributed by atoms with E-state index < -0.39 is 0 Å². The molecule has 4 nitrogen and oxygen atoms in total. The smallest absolute Gasteiger partial charge is 0.148 e. The summed E-state index contributed by atoms with van der Waals surface area (Å²) >= 11 is 0. The summed E-state index contributed by atoms with van der Waals surface area (Å²) in [5, 5.41) is 0. The van der Waals surface area contributed by atoms with Crippen molar-refractivity contribution in [3.63, 3.8) is 0 Å². The van der Waals surface area contributed by atoms with E-state index in [-0.39, 0.29) is 13.2 Å². The zero-order valence-corrected chi connectivity index (χ0v) is 4.20. The fourth-order valence-electron chi connectivity index (χ4n) is 0.152. The monoisotopic (exact) mass is 118 g/mol. The van der Waals surface area contributed by atoms with Crippen molar-refractivity contribution in [2.24, 2.45) is 0 Å². The summed E-state index contributed by atoms with van der Waals surface area (Å²) in [5.41, 5.74) is 0. The first-order chi connectivity index (χ1) is 3.91. The van der Waals surface area contributed by atoms with Crippen LogP contribution in [0.15, 0.2) is 0 Å². The molecule has 0 unspecified atom stereocenters. The highest BCUT2D eigenvalue weighted by atomic mass is 17.2. The third-order valence-electron chi connectivity index (χ3n) is 0.355. The molecule has 0 heterocycles. The molecule has 0 N–H and O–H groups in total. The largest absolute Gasteiger partial charge is 0.301 e. The van der Waals surface area contributed by atoms with Gasteiger partial charge in [-0.05, 0) is 0 Å². The molecule has 0 aromatic heterocycles. The van der Waals surface area contributed by atoms with Crippen molar-refractivity contribution in [1.29, 1.82) is 0 Å². The van der Waals surface area contributed by atoms with E-state index in [4.69, 9.17) is 0 Å². The van der Waals surface area contributed by atoms with Crippen molar-refractivity contribution in [3.05, 3.63) is 0 Å². The van der Waals surface area contributed by atoms with E-state index in [0.29, 0.717) is 12.6 Å². The summed E-state index contributed by atoms with van der Waals surface area (Å²) in [6.45, 7) is -0.262. The van der Waals surface area contributed by atoms with Gasteiger partial charge >= 0.3 is 0 Å². The number of carbonyl (C=O) groups excluding carboxylic acids is 2. The predicted molar refractivity (Wildman–Crippen MR) is 24.0 cm³/mol. The number of hydrogen-bond acceptors (Lipinski definition) is 4. The van der Waals surface area contributed by atoms with Gasteiger partial charge in [0.1, 0.15) is 25.8 Å². The van der Waals surface area contributed by atoms with Gasteiger partial charge in [-0.2, -0.15) is 0 Å². The van der Waals surface area contributed by atoms with Crippen molar-refractivity contribution in [1.82, 2.24) is 0 Å². The van der Waals surface area contributed by atoms with E-state index in [2.05, 4.69) is 9.78 Å². The van der Waals surface area contributed by atoms with Crippen LogP contribution in [-0.4, -0.2) is 25.8 Å². The van der Waals surface area contributed by atoms with Crippen LogP contribution in [0.4, 0.5) is 0 Å². The summed E-state index contributed by atoms with van der Waals surface area (Å²) < 4.78 is 0. The van der Waals surface area contributed by atoms with E-state index in [1.54, 1.807) is 0 Å². The first kappa shape index (κ1) is 7.26. The standard InChI is InChI=1S/C4H6O4/c5-1-3-7-8-4-2-6/h1-2H,3-4H2. The molecule has 0 amide bonds. The number of hydrogen-bond donors (Lipinski definition) is 0. The van der Waals surface area contributed by atoms with E-state index in [1.807, 2.05) is 0 Å². The molecule has 46 valence electrons. The third-order valence-corrected chi connectivity index (χ3v) is 0.355. The molecular weight excluding hydrogens is 112 g/mol. The molecule has 0 bridgehead atoms. The first-order valence-electron chi connectivity index (χ1n) is 2.03. The minimum Gasteiger partial charge on any atom is -0.301 e. The highest BCUT2D eigenvalue weighted by Gasteiger charge is 1.81. The topological polar surface area (TPSA) is 52.6 Å². The Balaban J connectivity index is 2.71. The molecular formula is C4H6O4. The van der Waals surface area contributed by atoms with Crippen molar-refractivity contribution in [2.75, 3.05) is 13.2 Å². The van der Waals surface area contributed by atoms with Gasteiger partial charge in [-0.15, -0.1) is 0 Å². The molecule has 0 aromatic rings. The minimum absolute atomic E-state index is 0.131. The van der Waals surface area contributed by atoms with E-state index in [1.165, 1.54) is 0 Å². The average Bonchev–Trinajstić information content (AvgIpc) is 1.81. The Morgan fingerprint density at radius 2 is 1.38 bits per heavy atom. The van der Waals surface area contributed by atoms with Crippen LogP contribution in [0, 0.1) is 0 Å². The maximum Gasteiger partial charge on any atom is 0.148 e. The molecule has 8 heavy (non-hydrogen) atoms. The Morgan fingerprint density at radius 1 is 1.00 bits per heavy atom. The van der Waals surface area contributed by atoms with Gasteiger partial charge in [-0.3, -0.25) is 0 Å².